The molecule has 0 aliphatic carbocycles. The smallest absolute Gasteiger partial charge is 0.0968 e. The first-order valence-corrected chi connectivity index (χ1v) is 9.29. The van der Waals surface area contributed by atoms with E-state index in [0.717, 1.165) is 5.56 Å². The van der Waals surface area contributed by atoms with Crippen LogP contribution in [-0.4, -0.2) is 13.2 Å². The Bertz CT molecular complexity index is 333. The molecule has 1 aromatic rings. The summed E-state index contributed by atoms with van der Waals surface area (Å²) in [5, 5.41) is 10.1. The number of rotatable bonds is 6. The minimum absolute atomic E-state index is 0.451. The molecule has 0 aromatic heterocycles. The second-order valence-electron chi connectivity index (χ2n) is 4.64. The van der Waals surface area contributed by atoms with Crippen molar-refractivity contribution in [1.29, 1.82) is 0 Å². The van der Waals surface area contributed by atoms with Gasteiger partial charge >= 0.3 is 0 Å². The Hall–Kier alpha value is -0.863. The molecular formula is C15H24OSi. The molecule has 0 bridgehead atoms. The molecule has 0 radical (unpaired) electrons. The molecule has 1 nitrogen and oxygen atoms in total. The molecule has 0 aliphatic rings. The van der Waals surface area contributed by atoms with Crippen LogP contribution in [0, 0.1) is 0 Å². The van der Waals surface area contributed by atoms with Gasteiger partial charge in [-0.2, -0.15) is 0 Å². The standard InChI is InChI=1S/C15H24OSi/c1-4-17(5-2,6-3)13-12-15(16)14-10-8-7-9-11-14/h7-13,15-16H,4-6H2,1-3H3/b13-12+. The Morgan fingerprint density at radius 1 is 1.06 bits per heavy atom. The summed E-state index contributed by atoms with van der Waals surface area (Å²) in [5.74, 6) is 0. The molecular weight excluding hydrogens is 224 g/mol. The van der Waals surface area contributed by atoms with Crippen molar-refractivity contribution in [2.75, 3.05) is 0 Å². The lowest BCUT2D eigenvalue weighted by molar-refractivity contribution is 0.229. The van der Waals surface area contributed by atoms with Crippen molar-refractivity contribution >= 4 is 8.07 Å². The number of hydrogen-bond acceptors (Lipinski definition) is 1. The topological polar surface area (TPSA) is 20.2 Å². The fourth-order valence-electron chi connectivity index (χ4n) is 2.16. The second-order valence-corrected chi connectivity index (χ2v) is 9.82. The average Bonchev–Trinajstić information content (AvgIpc) is 2.41. The van der Waals surface area contributed by atoms with Crippen LogP contribution in [0.25, 0.3) is 0 Å². The molecule has 1 aromatic carbocycles. The van der Waals surface area contributed by atoms with Crippen LogP contribution in [0.2, 0.25) is 18.1 Å². The van der Waals surface area contributed by atoms with Gasteiger partial charge in [0.05, 0.1) is 14.2 Å². The van der Waals surface area contributed by atoms with Crippen LogP contribution in [-0.2, 0) is 0 Å². The summed E-state index contributed by atoms with van der Waals surface area (Å²) in [5.41, 5.74) is 3.32. The SMILES string of the molecule is CC[Si](/C=C/C(O)c1ccccc1)(CC)CC. The fraction of sp³-hybridized carbons (Fsp3) is 0.467. The minimum atomic E-state index is -1.25. The highest BCUT2D eigenvalue weighted by Gasteiger charge is 2.23. The summed E-state index contributed by atoms with van der Waals surface area (Å²) < 4.78 is 0. The van der Waals surface area contributed by atoms with Gasteiger partial charge in [0.25, 0.3) is 0 Å². The molecule has 1 rings (SSSR count). The molecule has 0 spiro atoms. The number of aliphatic hydroxyl groups is 1. The third kappa shape index (κ3) is 3.82. The normalized spacial score (nSPS) is 14.1. The van der Waals surface area contributed by atoms with Crippen molar-refractivity contribution < 1.29 is 5.11 Å². The molecule has 0 amide bonds. The van der Waals surface area contributed by atoms with E-state index in [1.165, 1.54) is 18.1 Å². The molecule has 17 heavy (non-hydrogen) atoms. The van der Waals surface area contributed by atoms with Gasteiger partial charge < -0.3 is 5.11 Å². The van der Waals surface area contributed by atoms with E-state index in [0.29, 0.717) is 0 Å². The highest BCUT2D eigenvalue weighted by molar-refractivity contribution is 6.84. The minimum Gasteiger partial charge on any atom is -0.384 e. The van der Waals surface area contributed by atoms with Crippen molar-refractivity contribution in [3.63, 3.8) is 0 Å². The molecule has 0 saturated heterocycles. The summed E-state index contributed by atoms with van der Waals surface area (Å²) in [7, 11) is -1.25. The van der Waals surface area contributed by atoms with Crippen LogP contribution in [0.3, 0.4) is 0 Å². The Balaban J connectivity index is 2.76. The monoisotopic (exact) mass is 248 g/mol. The van der Waals surface area contributed by atoms with Crippen LogP contribution >= 0.6 is 0 Å². The van der Waals surface area contributed by atoms with Gasteiger partial charge in [-0.25, -0.2) is 0 Å². The zero-order chi connectivity index (χ0) is 12.7. The van der Waals surface area contributed by atoms with Crippen molar-refractivity contribution in [3.05, 3.63) is 47.7 Å². The van der Waals surface area contributed by atoms with Crippen LogP contribution in [0.4, 0.5) is 0 Å². The van der Waals surface area contributed by atoms with Gasteiger partial charge in [-0.1, -0.05) is 81.0 Å². The molecule has 0 fully saturated rings. The van der Waals surface area contributed by atoms with Crippen LogP contribution in [0.1, 0.15) is 32.4 Å². The zero-order valence-corrected chi connectivity index (χ0v) is 12.2. The van der Waals surface area contributed by atoms with Gasteiger partial charge in [0.2, 0.25) is 0 Å². The maximum atomic E-state index is 10.1. The lowest BCUT2D eigenvalue weighted by Crippen LogP contribution is -2.28. The van der Waals surface area contributed by atoms with Crippen molar-refractivity contribution in [3.8, 4) is 0 Å². The van der Waals surface area contributed by atoms with E-state index in [4.69, 9.17) is 0 Å². The van der Waals surface area contributed by atoms with Gasteiger partial charge in [0.1, 0.15) is 0 Å². The van der Waals surface area contributed by atoms with E-state index in [1.54, 1.807) is 0 Å². The fourth-order valence-corrected chi connectivity index (χ4v) is 4.96. The number of hydrogen-bond donors (Lipinski definition) is 1. The summed E-state index contributed by atoms with van der Waals surface area (Å²) in [6, 6.07) is 13.6. The molecule has 0 saturated carbocycles. The first-order chi connectivity index (χ1) is 8.17. The van der Waals surface area contributed by atoms with Crippen molar-refractivity contribution in [1.82, 2.24) is 0 Å². The van der Waals surface area contributed by atoms with Crippen molar-refractivity contribution in [2.45, 2.75) is 45.0 Å². The third-order valence-electron chi connectivity index (χ3n) is 3.89. The maximum Gasteiger partial charge on any atom is 0.0968 e. The lowest BCUT2D eigenvalue weighted by atomic mass is 10.1. The summed E-state index contributed by atoms with van der Waals surface area (Å²) in [6.45, 7) is 6.83. The van der Waals surface area contributed by atoms with Gasteiger partial charge in [-0.05, 0) is 5.56 Å². The highest BCUT2D eigenvalue weighted by Crippen LogP contribution is 2.23. The first-order valence-electron chi connectivity index (χ1n) is 6.59. The molecule has 0 heterocycles. The molecule has 2 heteroatoms. The Morgan fingerprint density at radius 3 is 2.06 bits per heavy atom. The first kappa shape index (κ1) is 14.2. The largest absolute Gasteiger partial charge is 0.384 e. The summed E-state index contributed by atoms with van der Waals surface area (Å²) in [4.78, 5) is 0. The lowest BCUT2D eigenvalue weighted by Gasteiger charge is -2.24. The number of aliphatic hydroxyl groups excluding tert-OH is 1. The summed E-state index contributed by atoms with van der Waals surface area (Å²) in [6.07, 6.45) is 1.55. The molecule has 94 valence electrons. The average molecular weight is 248 g/mol. The Labute approximate surface area is 106 Å². The van der Waals surface area contributed by atoms with Crippen LogP contribution < -0.4 is 0 Å². The van der Waals surface area contributed by atoms with E-state index >= 15 is 0 Å². The molecule has 1 atom stereocenters. The molecule has 1 N–H and O–H groups in total. The Morgan fingerprint density at radius 2 is 1.59 bits per heavy atom. The highest BCUT2D eigenvalue weighted by atomic mass is 28.3. The van der Waals surface area contributed by atoms with E-state index < -0.39 is 14.2 Å². The predicted molar refractivity (Wildman–Crippen MR) is 77.7 cm³/mol. The predicted octanol–water partition coefficient (Wildman–Crippen LogP) is 4.32. The summed E-state index contributed by atoms with van der Waals surface area (Å²) >= 11 is 0. The van der Waals surface area contributed by atoms with Gasteiger partial charge in [0.15, 0.2) is 0 Å². The maximum absolute atomic E-state index is 10.1. The van der Waals surface area contributed by atoms with Crippen molar-refractivity contribution in [2.24, 2.45) is 0 Å². The van der Waals surface area contributed by atoms with E-state index in [9.17, 15) is 5.11 Å². The van der Waals surface area contributed by atoms with E-state index in [1.807, 2.05) is 36.4 Å². The number of benzene rings is 1. The van der Waals surface area contributed by atoms with Crippen LogP contribution in [0.15, 0.2) is 42.1 Å². The quantitative estimate of drug-likeness (QED) is 0.743. The zero-order valence-electron chi connectivity index (χ0n) is 11.2. The van der Waals surface area contributed by atoms with Gasteiger partial charge in [0, 0.05) is 0 Å². The second kappa shape index (κ2) is 6.77. The van der Waals surface area contributed by atoms with E-state index in [2.05, 4.69) is 26.5 Å². The van der Waals surface area contributed by atoms with E-state index in [-0.39, 0.29) is 0 Å². The third-order valence-corrected chi connectivity index (χ3v) is 9.01. The molecule has 0 aliphatic heterocycles. The Kier molecular flexibility index (Phi) is 5.66. The van der Waals surface area contributed by atoms with Gasteiger partial charge in [-0.15, -0.1) is 0 Å². The van der Waals surface area contributed by atoms with Crippen LogP contribution in [0.5, 0.6) is 0 Å². The molecule has 1 unspecified atom stereocenters. The van der Waals surface area contributed by atoms with Gasteiger partial charge in [-0.3, -0.25) is 0 Å².